The average molecular weight is 250 g/mol. The summed E-state index contributed by atoms with van der Waals surface area (Å²) in [5.74, 6) is 0. The molecule has 0 radical (unpaired) electrons. The fraction of sp³-hybridized carbons (Fsp3) is 1.00. The first-order chi connectivity index (χ1) is 7.51. The summed E-state index contributed by atoms with van der Waals surface area (Å²) in [6.07, 6.45) is 2.46. The molecule has 1 atom stereocenters. The second-order valence-electron chi connectivity index (χ2n) is 4.29. The first-order valence-corrected chi connectivity index (χ1v) is 7.39. The number of rotatable bonds is 8. The second-order valence-corrected chi connectivity index (χ2v) is 6.48. The van der Waals surface area contributed by atoms with Crippen molar-refractivity contribution < 1.29 is 13.5 Å². The molecule has 0 aromatic heterocycles. The van der Waals surface area contributed by atoms with Crippen LogP contribution < -0.4 is 4.72 Å². The summed E-state index contributed by atoms with van der Waals surface area (Å²) in [5.41, 5.74) is 0. The predicted molar refractivity (Wildman–Crippen MR) is 63.7 cm³/mol. The first kappa shape index (κ1) is 13.9. The van der Waals surface area contributed by atoms with Crippen LogP contribution in [-0.4, -0.2) is 56.0 Å². The fourth-order valence-corrected chi connectivity index (χ4v) is 2.47. The van der Waals surface area contributed by atoms with E-state index in [1.807, 2.05) is 0 Å². The van der Waals surface area contributed by atoms with Gasteiger partial charge in [0.25, 0.3) is 0 Å². The van der Waals surface area contributed by atoms with Gasteiger partial charge in [-0.15, -0.1) is 0 Å². The highest BCUT2D eigenvalue weighted by atomic mass is 32.2. The Morgan fingerprint density at radius 3 is 2.56 bits per heavy atom. The molecule has 2 N–H and O–H groups in total. The van der Waals surface area contributed by atoms with Crippen molar-refractivity contribution in [2.75, 3.05) is 26.2 Å². The molecule has 1 saturated carbocycles. The number of sulfonamides is 1. The van der Waals surface area contributed by atoms with Crippen LogP contribution in [0.2, 0.25) is 0 Å². The maximum Gasteiger partial charge on any atom is 0.216 e. The summed E-state index contributed by atoms with van der Waals surface area (Å²) in [6.45, 7) is 5.39. The number of likely N-dealkylation sites (N-methyl/N-ethyl adjacent to an activating group) is 1. The van der Waals surface area contributed by atoms with Gasteiger partial charge in [0.2, 0.25) is 10.0 Å². The summed E-state index contributed by atoms with van der Waals surface area (Å²) in [5, 5.41) is 8.06. The van der Waals surface area contributed by atoms with Gasteiger partial charge in [0.05, 0.1) is 11.9 Å². The van der Waals surface area contributed by atoms with E-state index in [1.54, 1.807) is 0 Å². The molecule has 0 heterocycles. The molecule has 1 aliphatic rings. The van der Waals surface area contributed by atoms with Crippen molar-refractivity contribution in [3.05, 3.63) is 0 Å². The van der Waals surface area contributed by atoms with Crippen LogP contribution in [0, 0.1) is 0 Å². The third-order valence-corrected chi connectivity index (χ3v) is 4.77. The number of nitrogens with one attached hydrogen (secondary N) is 1. The quantitative estimate of drug-likeness (QED) is 0.624. The van der Waals surface area contributed by atoms with E-state index in [0.29, 0.717) is 12.6 Å². The van der Waals surface area contributed by atoms with Gasteiger partial charge in [-0.2, -0.15) is 0 Å². The molecular weight excluding hydrogens is 228 g/mol. The number of hydrogen-bond donors (Lipinski definition) is 2. The molecule has 5 nitrogen and oxygen atoms in total. The predicted octanol–water partition coefficient (Wildman–Crippen LogP) is -0.229. The van der Waals surface area contributed by atoms with Crippen LogP contribution in [0.4, 0.5) is 0 Å². The highest BCUT2D eigenvalue weighted by Crippen LogP contribution is 2.25. The summed E-state index contributed by atoms with van der Waals surface area (Å²) >= 11 is 0. The van der Waals surface area contributed by atoms with E-state index in [2.05, 4.69) is 16.5 Å². The zero-order chi connectivity index (χ0) is 12.2. The van der Waals surface area contributed by atoms with E-state index in [9.17, 15) is 8.42 Å². The van der Waals surface area contributed by atoms with Gasteiger partial charge in [-0.3, -0.25) is 4.90 Å². The van der Waals surface area contributed by atoms with E-state index < -0.39 is 15.3 Å². The highest BCUT2D eigenvalue weighted by Gasteiger charge is 2.27. The Labute approximate surface area is 97.9 Å². The summed E-state index contributed by atoms with van der Waals surface area (Å²) in [7, 11) is -3.35. The minimum absolute atomic E-state index is 0.338. The van der Waals surface area contributed by atoms with Crippen LogP contribution >= 0.6 is 0 Å². The molecule has 0 bridgehead atoms. The molecule has 6 heteroatoms. The molecule has 1 unspecified atom stereocenters. The van der Waals surface area contributed by atoms with Crippen LogP contribution in [-0.2, 0) is 10.0 Å². The minimum Gasteiger partial charge on any atom is -0.395 e. The van der Waals surface area contributed by atoms with E-state index in [0.717, 1.165) is 13.1 Å². The lowest BCUT2D eigenvalue weighted by atomic mass is 10.4. The standard InChI is InChI=1S/C10H22N2O3S/c1-3-12(10-4-5-10)7-6-11-16(14,15)9(2)8-13/h9-11,13H,3-8H2,1-2H3. The van der Waals surface area contributed by atoms with Crippen LogP contribution in [0.1, 0.15) is 26.7 Å². The Bertz CT molecular complexity index is 301. The molecule has 0 aromatic carbocycles. The third-order valence-electron chi connectivity index (χ3n) is 2.96. The topological polar surface area (TPSA) is 69.6 Å². The Balaban J connectivity index is 2.28. The van der Waals surface area contributed by atoms with Crippen LogP contribution in [0.5, 0.6) is 0 Å². The van der Waals surface area contributed by atoms with Crippen molar-refractivity contribution in [1.29, 1.82) is 0 Å². The van der Waals surface area contributed by atoms with Crippen LogP contribution in [0.3, 0.4) is 0 Å². The molecule has 0 saturated heterocycles. The van der Waals surface area contributed by atoms with Crippen molar-refractivity contribution >= 4 is 10.0 Å². The molecule has 96 valence electrons. The van der Waals surface area contributed by atoms with E-state index in [4.69, 9.17) is 5.11 Å². The van der Waals surface area contributed by atoms with Gasteiger partial charge in [0, 0.05) is 19.1 Å². The molecule has 1 aliphatic carbocycles. The molecule has 16 heavy (non-hydrogen) atoms. The Hall–Kier alpha value is -0.170. The zero-order valence-corrected chi connectivity index (χ0v) is 10.8. The summed E-state index contributed by atoms with van der Waals surface area (Å²) < 4.78 is 25.6. The summed E-state index contributed by atoms with van der Waals surface area (Å²) in [4.78, 5) is 2.28. The lowest BCUT2D eigenvalue weighted by Crippen LogP contribution is -2.40. The van der Waals surface area contributed by atoms with E-state index >= 15 is 0 Å². The SMILES string of the molecule is CCN(CCNS(=O)(=O)C(C)CO)C1CC1. The van der Waals surface area contributed by atoms with Crippen LogP contribution in [0.15, 0.2) is 0 Å². The molecule has 0 amide bonds. The Morgan fingerprint density at radius 1 is 1.50 bits per heavy atom. The normalized spacial score (nSPS) is 19.0. The molecule has 0 aromatic rings. The van der Waals surface area contributed by atoms with Crippen LogP contribution in [0.25, 0.3) is 0 Å². The number of aliphatic hydroxyl groups is 1. The number of hydrogen-bond acceptors (Lipinski definition) is 4. The van der Waals surface area contributed by atoms with Gasteiger partial charge in [-0.1, -0.05) is 6.92 Å². The largest absolute Gasteiger partial charge is 0.395 e. The van der Waals surface area contributed by atoms with Gasteiger partial charge >= 0.3 is 0 Å². The van der Waals surface area contributed by atoms with Crippen molar-refractivity contribution in [2.45, 2.75) is 38.0 Å². The molecular formula is C10H22N2O3S. The van der Waals surface area contributed by atoms with E-state index in [-0.39, 0.29) is 6.61 Å². The molecule has 0 aliphatic heterocycles. The van der Waals surface area contributed by atoms with Crippen molar-refractivity contribution in [1.82, 2.24) is 9.62 Å². The average Bonchev–Trinajstić information content (AvgIpc) is 3.07. The molecule has 1 fully saturated rings. The highest BCUT2D eigenvalue weighted by molar-refractivity contribution is 7.90. The Kier molecular flexibility index (Phi) is 5.17. The smallest absolute Gasteiger partial charge is 0.216 e. The maximum atomic E-state index is 11.5. The minimum atomic E-state index is -3.35. The lowest BCUT2D eigenvalue weighted by molar-refractivity contribution is 0.280. The monoisotopic (exact) mass is 250 g/mol. The lowest BCUT2D eigenvalue weighted by Gasteiger charge is -2.20. The van der Waals surface area contributed by atoms with E-state index in [1.165, 1.54) is 19.8 Å². The number of nitrogens with zero attached hydrogens (tertiary/aromatic N) is 1. The maximum absolute atomic E-state index is 11.5. The zero-order valence-electron chi connectivity index (χ0n) is 10.0. The van der Waals surface area contributed by atoms with Gasteiger partial charge < -0.3 is 5.11 Å². The van der Waals surface area contributed by atoms with Crippen molar-refractivity contribution in [2.24, 2.45) is 0 Å². The van der Waals surface area contributed by atoms with Gasteiger partial charge in [0.1, 0.15) is 0 Å². The first-order valence-electron chi connectivity index (χ1n) is 5.84. The second kappa shape index (κ2) is 5.95. The Morgan fingerprint density at radius 2 is 2.12 bits per heavy atom. The van der Waals surface area contributed by atoms with Gasteiger partial charge in [-0.05, 0) is 26.3 Å². The van der Waals surface area contributed by atoms with Crippen molar-refractivity contribution in [3.8, 4) is 0 Å². The van der Waals surface area contributed by atoms with Crippen molar-refractivity contribution in [3.63, 3.8) is 0 Å². The summed E-state index contributed by atoms with van der Waals surface area (Å²) in [6, 6.07) is 0.657. The number of aliphatic hydroxyl groups excluding tert-OH is 1. The van der Waals surface area contributed by atoms with Gasteiger partial charge in [-0.25, -0.2) is 13.1 Å². The molecule has 1 rings (SSSR count). The van der Waals surface area contributed by atoms with Gasteiger partial charge in [0.15, 0.2) is 0 Å². The fourth-order valence-electron chi connectivity index (χ4n) is 1.61. The third kappa shape index (κ3) is 4.01. The molecule has 0 spiro atoms.